The highest BCUT2D eigenvalue weighted by Gasteiger charge is 2.49. The summed E-state index contributed by atoms with van der Waals surface area (Å²) in [5, 5.41) is 7.18. The van der Waals surface area contributed by atoms with Gasteiger partial charge in [-0.05, 0) is 43.2 Å². The fourth-order valence-corrected chi connectivity index (χ4v) is 3.22. The lowest BCUT2D eigenvalue weighted by Crippen LogP contribution is -2.42. The average molecular weight is 397 g/mol. The van der Waals surface area contributed by atoms with Crippen molar-refractivity contribution < 1.29 is 23.9 Å². The van der Waals surface area contributed by atoms with E-state index in [9.17, 15) is 19.2 Å². The zero-order valence-corrected chi connectivity index (χ0v) is 16.5. The quantitative estimate of drug-likeness (QED) is 0.570. The molecule has 0 spiro atoms. The maximum atomic E-state index is 12.9. The summed E-state index contributed by atoms with van der Waals surface area (Å²) in [5.74, 6) is -1.84. The molecule has 8 nitrogen and oxygen atoms in total. The molecular formula is C21H23N3O5. The topological polar surface area (TPSA) is 105 Å². The highest BCUT2D eigenvalue weighted by Crippen LogP contribution is 2.30. The second-order valence-corrected chi connectivity index (χ2v) is 7.39. The number of rotatable bonds is 6. The van der Waals surface area contributed by atoms with Gasteiger partial charge in [-0.25, -0.2) is 4.79 Å². The third-order valence-corrected chi connectivity index (χ3v) is 4.70. The molecule has 2 aromatic carbocycles. The molecule has 0 bridgehead atoms. The highest BCUT2D eigenvalue weighted by atomic mass is 16.5. The lowest BCUT2D eigenvalue weighted by Gasteiger charge is -2.22. The van der Waals surface area contributed by atoms with Gasteiger partial charge in [0.05, 0.1) is 0 Å². The Morgan fingerprint density at radius 2 is 1.83 bits per heavy atom. The Bertz CT molecular complexity index is 987. The van der Waals surface area contributed by atoms with Crippen molar-refractivity contribution in [1.29, 1.82) is 0 Å². The van der Waals surface area contributed by atoms with Crippen LogP contribution in [0.5, 0.6) is 0 Å². The molecule has 1 aliphatic heterocycles. The van der Waals surface area contributed by atoms with E-state index in [0.29, 0.717) is 5.56 Å². The smallest absolute Gasteiger partial charge is 0.326 e. The highest BCUT2D eigenvalue weighted by molar-refractivity contribution is 6.09. The van der Waals surface area contributed by atoms with E-state index >= 15 is 0 Å². The number of carbonyl (C=O) groups is 4. The standard InChI is InChI=1S/C21H23N3O5/c1-13(2)22-17(25)12-29-18(26)11-24-19(27)21(3,23-20(24)28)16-9-8-14-6-4-5-7-15(14)10-16/h4-10,13H,11-12H2,1-3H3,(H,22,25)(H,23,28)/t21-/m1/s1. The number of imide groups is 1. The second-order valence-electron chi connectivity index (χ2n) is 7.39. The van der Waals surface area contributed by atoms with E-state index in [1.54, 1.807) is 26.8 Å². The van der Waals surface area contributed by atoms with Crippen molar-refractivity contribution in [2.75, 3.05) is 13.2 Å². The third-order valence-electron chi connectivity index (χ3n) is 4.70. The van der Waals surface area contributed by atoms with Crippen molar-refractivity contribution in [2.45, 2.75) is 32.4 Å². The zero-order chi connectivity index (χ0) is 21.2. The van der Waals surface area contributed by atoms with Gasteiger partial charge in [-0.3, -0.25) is 19.3 Å². The molecule has 1 aliphatic rings. The van der Waals surface area contributed by atoms with Gasteiger partial charge in [-0.2, -0.15) is 0 Å². The summed E-state index contributed by atoms with van der Waals surface area (Å²) in [5.41, 5.74) is -0.683. The molecule has 8 heteroatoms. The largest absolute Gasteiger partial charge is 0.454 e. The maximum Gasteiger partial charge on any atom is 0.326 e. The number of carbonyl (C=O) groups excluding carboxylic acids is 4. The normalized spacial score (nSPS) is 18.8. The fourth-order valence-electron chi connectivity index (χ4n) is 3.22. The van der Waals surface area contributed by atoms with Crippen molar-refractivity contribution in [2.24, 2.45) is 0 Å². The van der Waals surface area contributed by atoms with Crippen molar-refractivity contribution in [3.8, 4) is 0 Å². The molecule has 2 N–H and O–H groups in total. The van der Waals surface area contributed by atoms with Crippen LogP contribution in [0.25, 0.3) is 10.8 Å². The number of ether oxygens (including phenoxy) is 1. The summed E-state index contributed by atoms with van der Waals surface area (Å²) in [4.78, 5) is 49.7. The Hall–Kier alpha value is -3.42. The molecule has 1 fully saturated rings. The summed E-state index contributed by atoms with van der Waals surface area (Å²) >= 11 is 0. The van der Waals surface area contributed by atoms with Gasteiger partial charge in [0, 0.05) is 6.04 Å². The number of esters is 1. The molecule has 1 saturated heterocycles. The van der Waals surface area contributed by atoms with Gasteiger partial charge >= 0.3 is 12.0 Å². The number of benzene rings is 2. The zero-order valence-electron chi connectivity index (χ0n) is 16.5. The van der Waals surface area contributed by atoms with Crippen LogP contribution in [-0.2, 0) is 24.7 Å². The van der Waals surface area contributed by atoms with E-state index in [0.717, 1.165) is 15.7 Å². The lowest BCUT2D eigenvalue weighted by molar-refractivity contribution is -0.151. The molecule has 3 rings (SSSR count). The maximum absolute atomic E-state index is 12.9. The fraction of sp³-hybridized carbons (Fsp3) is 0.333. The van der Waals surface area contributed by atoms with Crippen molar-refractivity contribution >= 4 is 34.6 Å². The summed E-state index contributed by atoms with van der Waals surface area (Å²) in [7, 11) is 0. The summed E-state index contributed by atoms with van der Waals surface area (Å²) in [6, 6.07) is 12.4. The van der Waals surface area contributed by atoms with E-state index in [4.69, 9.17) is 4.74 Å². The first-order chi connectivity index (χ1) is 13.7. The molecule has 2 aromatic rings. The van der Waals surface area contributed by atoms with Crippen LogP contribution in [0.3, 0.4) is 0 Å². The van der Waals surface area contributed by atoms with E-state index in [1.807, 2.05) is 36.4 Å². The van der Waals surface area contributed by atoms with Gasteiger partial charge in [0.15, 0.2) is 6.61 Å². The van der Waals surface area contributed by atoms with Gasteiger partial charge in [0.25, 0.3) is 11.8 Å². The minimum absolute atomic E-state index is 0.0881. The Morgan fingerprint density at radius 3 is 2.52 bits per heavy atom. The first-order valence-corrected chi connectivity index (χ1v) is 9.29. The van der Waals surface area contributed by atoms with Gasteiger partial charge in [-0.1, -0.05) is 36.4 Å². The van der Waals surface area contributed by atoms with Gasteiger partial charge in [0.2, 0.25) is 0 Å². The number of hydrogen-bond acceptors (Lipinski definition) is 5. The number of nitrogens with zero attached hydrogens (tertiary/aromatic N) is 1. The molecule has 0 aromatic heterocycles. The third kappa shape index (κ3) is 4.21. The van der Waals surface area contributed by atoms with Gasteiger partial charge < -0.3 is 15.4 Å². The molecule has 0 unspecified atom stereocenters. The SMILES string of the molecule is CC(C)NC(=O)COC(=O)CN1C(=O)N[C@](C)(c2ccc3ccccc3c2)C1=O. The first-order valence-electron chi connectivity index (χ1n) is 9.29. The molecule has 0 aliphatic carbocycles. The number of fused-ring (bicyclic) bond motifs is 1. The molecule has 4 amide bonds. The summed E-state index contributed by atoms with van der Waals surface area (Å²) < 4.78 is 4.87. The van der Waals surface area contributed by atoms with Crippen molar-refractivity contribution in [3.63, 3.8) is 0 Å². The molecular weight excluding hydrogens is 374 g/mol. The van der Waals surface area contributed by atoms with Crippen molar-refractivity contribution in [3.05, 3.63) is 48.0 Å². The summed E-state index contributed by atoms with van der Waals surface area (Å²) in [6.45, 7) is 4.12. The average Bonchev–Trinajstić information content (AvgIpc) is 2.89. The minimum Gasteiger partial charge on any atom is -0.454 e. The van der Waals surface area contributed by atoms with Crippen LogP contribution < -0.4 is 10.6 Å². The van der Waals surface area contributed by atoms with Gasteiger partial charge in [-0.15, -0.1) is 0 Å². The predicted octanol–water partition coefficient (Wildman–Crippen LogP) is 1.67. The number of nitrogens with one attached hydrogen (secondary N) is 2. The summed E-state index contributed by atoms with van der Waals surface area (Å²) in [6.07, 6.45) is 0. The molecule has 29 heavy (non-hydrogen) atoms. The van der Waals surface area contributed by atoms with Gasteiger partial charge in [0.1, 0.15) is 12.1 Å². The number of amides is 4. The van der Waals surface area contributed by atoms with E-state index in [2.05, 4.69) is 10.6 Å². The van der Waals surface area contributed by atoms with Crippen LogP contribution in [0.15, 0.2) is 42.5 Å². The van der Waals surface area contributed by atoms with Crippen LogP contribution in [0, 0.1) is 0 Å². The second kappa shape index (κ2) is 7.90. The molecule has 0 radical (unpaired) electrons. The monoisotopic (exact) mass is 397 g/mol. The molecule has 1 heterocycles. The minimum atomic E-state index is -1.30. The lowest BCUT2D eigenvalue weighted by atomic mass is 9.90. The van der Waals surface area contributed by atoms with Crippen molar-refractivity contribution in [1.82, 2.24) is 15.5 Å². The first kappa shape index (κ1) is 20.3. The molecule has 152 valence electrons. The van der Waals surface area contributed by atoms with Crippen LogP contribution in [0.4, 0.5) is 4.79 Å². The number of urea groups is 1. The predicted molar refractivity (Wildman–Crippen MR) is 106 cm³/mol. The Balaban J connectivity index is 1.71. The Labute approximate surface area is 168 Å². The van der Waals surface area contributed by atoms with Crippen LogP contribution in [0.1, 0.15) is 26.3 Å². The molecule has 0 saturated carbocycles. The molecule has 1 atom stereocenters. The van der Waals surface area contributed by atoms with Crippen LogP contribution in [-0.4, -0.2) is 47.9 Å². The number of hydrogen-bond donors (Lipinski definition) is 2. The van der Waals surface area contributed by atoms with Crippen LogP contribution >= 0.6 is 0 Å². The van der Waals surface area contributed by atoms with E-state index < -0.39 is 42.5 Å². The van der Waals surface area contributed by atoms with Crippen LogP contribution in [0.2, 0.25) is 0 Å². The van der Waals surface area contributed by atoms with E-state index in [1.165, 1.54) is 0 Å². The Kier molecular flexibility index (Phi) is 5.54. The Morgan fingerprint density at radius 1 is 1.14 bits per heavy atom. The van der Waals surface area contributed by atoms with E-state index in [-0.39, 0.29) is 6.04 Å².